The van der Waals surface area contributed by atoms with Crippen molar-refractivity contribution in [3.8, 4) is 55.6 Å². The van der Waals surface area contributed by atoms with E-state index >= 15 is 0 Å². The van der Waals surface area contributed by atoms with Crippen molar-refractivity contribution in [2.45, 2.75) is 20.3 Å². The number of para-hydroxylation sites is 1. The Labute approximate surface area is 357 Å². The van der Waals surface area contributed by atoms with Crippen molar-refractivity contribution >= 4 is 23.1 Å². The number of anilines is 3. The highest BCUT2D eigenvalue weighted by Gasteiger charge is 2.13. The molecule has 0 saturated carbocycles. The van der Waals surface area contributed by atoms with Gasteiger partial charge in [0.2, 0.25) is 0 Å². The quantitative estimate of drug-likeness (QED) is 0.106. The third-order valence-electron chi connectivity index (χ3n) is 9.51. The summed E-state index contributed by atoms with van der Waals surface area (Å²) < 4.78 is 0. The summed E-state index contributed by atoms with van der Waals surface area (Å²) in [4.78, 5) is 0. The first-order valence-electron chi connectivity index (χ1n) is 20.2. The number of hydrogen-bond donors (Lipinski definition) is 3. The molecule has 0 aliphatic carbocycles. The van der Waals surface area contributed by atoms with Gasteiger partial charge in [-0.3, -0.25) is 0 Å². The van der Waals surface area contributed by atoms with E-state index in [0.717, 1.165) is 73.6 Å². The summed E-state index contributed by atoms with van der Waals surface area (Å²) in [5.74, 6) is 0. The lowest BCUT2D eigenvalue weighted by Crippen LogP contribution is -1.96. The zero-order valence-electron chi connectivity index (χ0n) is 34.7. The Balaban J connectivity index is 0.000000173. The monoisotopic (exact) mass is 781 g/mol. The summed E-state index contributed by atoms with van der Waals surface area (Å²) in [6.45, 7) is 10.9. The molecule has 0 spiro atoms. The summed E-state index contributed by atoms with van der Waals surface area (Å²) in [6, 6.07) is 68.2. The fraction of sp³-hybridized carbons (Fsp3) is 0.0526. The van der Waals surface area contributed by atoms with Crippen molar-refractivity contribution in [2.24, 2.45) is 0 Å². The van der Waals surface area contributed by atoms with Crippen LogP contribution >= 0.6 is 0 Å². The number of benzene rings is 8. The van der Waals surface area contributed by atoms with Crippen molar-refractivity contribution in [3.63, 3.8) is 0 Å². The van der Waals surface area contributed by atoms with Gasteiger partial charge < -0.3 is 17.2 Å². The lowest BCUT2D eigenvalue weighted by atomic mass is 9.91. The average molecular weight is 782 g/mol. The molecule has 3 heteroatoms. The highest BCUT2D eigenvalue weighted by atomic mass is 14.6. The van der Waals surface area contributed by atoms with Crippen molar-refractivity contribution in [1.29, 1.82) is 0 Å². The fourth-order valence-corrected chi connectivity index (χ4v) is 6.79. The molecule has 8 rings (SSSR count). The van der Waals surface area contributed by atoms with Gasteiger partial charge in [-0.1, -0.05) is 200 Å². The lowest BCUT2D eigenvalue weighted by molar-refractivity contribution is 1.27. The van der Waals surface area contributed by atoms with E-state index in [1.807, 2.05) is 123 Å². The van der Waals surface area contributed by atoms with Crippen molar-refractivity contribution < 1.29 is 0 Å². The van der Waals surface area contributed by atoms with Crippen LogP contribution in [0.3, 0.4) is 0 Å². The second kappa shape index (κ2) is 23.0. The van der Waals surface area contributed by atoms with E-state index in [0.29, 0.717) is 0 Å². The number of allylic oxidation sites excluding steroid dienone is 3. The summed E-state index contributed by atoms with van der Waals surface area (Å²) in [7, 11) is 0. The van der Waals surface area contributed by atoms with Gasteiger partial charge in [-0.2, -0.15) is 0 Å². The molecule has 0 bridgehead atoms. The molecule has 0 atom stereocenters. The molecule has 3 nitrogen and oxygen atoms in total. The maximum atomic E-state index is 6.59. The van der Waals surface area contributed by atoms with Crippen LogP contribution in [0.25, 0.3) is 61.7 Å². The van der Waals surface area contributed by atoms with E-state index in [4.69, 9.17) is 17.2 Å². The maximum absolute atomic E-state index is 6.59. The van der Waals surface area contributed by atoms with Gasteiger partial charge in [0.1, 0.15) is 0 Å². The number of rotatable bonds is 8. The zero-order chi connectivity index (χ0) is 42.5. The van der Waals surface area contributed by atoms with Gasteiger partial charge in [0, 0.05) is 39.3 Å². The topological polar surface area (TPSA) is 78.1 Å². The molecule has 0 radical (unpaired) electrons. The van der Waals surface area contributed by atoms with Gasteiger partial charge in [-0.25, -0.2) is 0 Å². The summed E-state index contributed by atoms with van der Waals surface area (Å²) in [5, 5.41) is 0. The summed E-state index contributed by atoms with van der Waals surface area (Å²) in [6.07, 6.45) is 8.55. The summed E-state index contributed by atoms with van der Waals surface area (Å²) >= 11 is 0. The Morgan fingerprint density at radius 1 is 0.400 bits per heavy atom. The van der Waals surface area contributed by atoms with E-state index in [1.54, 1.807) is 6.08 Å². The largest absolute Gasteiger partial charge is 0.399 e. The van der Waals surface area contributed by atoms with Crippen LogP contribution in [0.4, 0.5) is 17.1 Å². The molecular weight excluding hydrogens is 727 g/mol. The van der Waals surface area contributed by atoms with Crippen LogP contribution in [0, 0.1) is 0 Å². The molecule has 0 heterocycles. The van der Waals surface area contributed by atoms with Crippen molar-refractivity contribution in [1.82, 2.24) is 0 Å². The minimum atomic E-state index is 0.812. The Morgan fingerprint density at radius 2 is 0.767 bits per heavy atom. The smallest absolute Gasteiger partial charge is 0.0473 e. The second-order valence-electron chi connectivity index (χ2n) is 14.0. The molecule has 0 aliphatic rings. The van der Waals surface area contributed by atoms with Gasteiger partial charge in [0.05, 0.1) is 0 Å². The number of nitrogen functional groups attached to an aromatic ring is 3. The second-order valence-corrected chi connectivity index (χ2v) is 14.0. The Morgan fingerprint density at radius 3 is 1.15 bits per heavy atom. The van der Waals surface area contributed by atoms with Crippen LogP contribution in [0.15, 0.2) is 232 Å². The standard InChI is InChI=1S/C24H19N.C18H15N.C12H15N.C3H6/c25-24-22(19-12-6-2-7-13-19)16-21(18-10-4-1-5-11-18)17-23(24)20-14-8-3-9-15-20;19-18-16(14-8-3-1-4-9-14)12-7-13-17(18)15-10-5-2-6-11-15;1-3-5-10-7-11(6-4-2)9-12(13)8-10;1-3-2/h1-17H,25H2;1-13H,19H2;3-4,6-9H,1,5,13H2,2H3;3H,1H2,2H3/b;;6-4+;. The van der Waals surface area contributed by atoms with E-state index < -0.39 is 0 Å². The molecule has 298 valence electrons. The van der Waals surface area contributed by atoms with E-state index in [2.05, 4.69) is 122 Å². The number of nitrogens with two attached hydrogens (primary N) is 3. The molecule has 0 fully saturated rings. The Bertz CT molecular complexity index is 2440. The molecular formula is C57H55N3. The lowest BCUT2D eigenvalue weighted by Gasteiger charge is -2.15. The molecule has 8 aromatic rings. The first-order chi connectivity index (χ1) is 29.4. The molecule has 0 aliphatic heterocycles. The zero-order valence-corrected chi connectivity index (χ0v) is 34.7. The number of hydrogen-bond acceptors (Lipinski definition) is 3. The maximum Gasteiger partial charge on any atom is 0.0473 e. The van der Waals surface area contributed by atoms with E-state index in [-0.39, 0.29) is 0 Å². The van der Waals surface area contributed by atoms with Crippen LogP contribution in [-0.2, 0) is 6.42 Å². The van der Waals surface area contributed by atoms with Crippen LogP contribution < -0.4 is 17.2 Å². The Kier molecular flexibility index (Phi) is 16.6. The minimum Gasteiger partial charge on any atom is -0.399 e. The first kappa shape index (κ1) is 43.5. The third kappa shape index (κ3) is 12.2. The van der Waals surface area contributed by atoms with Crippen LogP contribution in [0.1, 0.15) is 25.0 Å². The predicted octanol–water partition coefficient (Wildman–Crippen LogP) is 15.1. The molecule has 0 aromatic heterocycles. The van der Waals surface area contributed by atoms with Gasteiger partial charge in [-0.05, 0) is 89.0 Å². The van der Waals surface area contributed by atoms with Gasteiger partial charge >= 0.3 is 0 Å². The third-order valence-corrected chi connectivity index (χ3v) is 9.51. The van der Waals surface area contributed by atoms with E-state index in [9.17, 15) is 0 Å². The average Bonchev–Trinajstić information content (AvgIpc) is 3.29. The highest BCUT2D eigenvalue weighted by Crippen LogP contribution is 2.39. The summed E-state index contributed by atoms with van der Waals surface area (Å²) in [5.41, 5.74) is 34.8. The minimum absolute atomic E-state index is 0.812. The van der Waals surface area contributed by atoms with Crippen LogP contribution in [-0.4, -0.2) is 0 Å². The van der Waals surface area contributed by atoms with Gasteiger partial charge in [0.15, 0.2) is 0 Å². The van der Waals surface area contributed by atoms with Crippen LogP contribution in [0.2, 0.25) is 0 Å². The van der Waals surface area contributed by atoms with Crippen molar-refractivity contribution in [3.05, 3.63) is 243 Å². The molecule has 0 amide bonds. The highest BCUT2D eigenvalue weighted by molar-refractivity contribution is 5.93. The predicted molar refractivity (Wildman–Crippen MR) is 264 cm³/mol. The Hall–Kier alpha value is -7.62. The molecule has 0 unspecified atom stereocenters. The normalized spacial score (nSPS) is 10.2. The molecule has 0 saturated heterocycles. The van der Waals surface area contributed by atoms with Crippen LogP contribution in [0.5, 0.6) is 0 Å². The molecule has 6 N–H and O–H groups in total. The molecule has 60 heavy (non-hydrogen) atoms. The SMILES string of the molecule is C=CC.C=CCc1cc(N)cc(/C=C/C)c1.Nc1c(-c2ccccc2)cc(-c2ccccc2)cc1-c1ccccc1.Nc1c(-c2ccccc2)cccc1-c1ccccc1. The van der Waals surface area contributed by atoms with Gasteiger partial charge in [-0.15, -0.1) is 13.2 Å². The van der Waals surface area contributed by atoms with Crippen molar-refractivity contribution in [2.75, 3.05) is 17.2 Å². The molecule has 8 aromatic carbocycles. The first-order valence-corrected chi connectivity index (χ1v) is 20.2. The van der Waals surface area contributed by atoms with E-state index in [1.165, 1.54) is 16.7 Å². The fourth-order valence-electron chi connectivity index (χ4n) is 6.79. The van der Waals surface area contributed by atoms with Gasteiger partial charge in [0.25, 0.3) is 0 Å².